The zero-order valence-corrected chi connectivity index (χ0v) is 13.9. The number of ether oxygens (including phenoxy) is 1. The van der Waals surface area contributed by atoms with Gasteiger partial charge < -0.3 is 15.4 Å². The highest BCUT2D eigenvalue weighted by atomic mass is 79.9. The van der Waals surface area contributed by atoms with Gasteiger partial charge in [-0.3, -0.25) is 0 Å². The van der Waals surface area contributed by atoms with Crippen LogP contribution in [0, 0.1) is 5.82 Å². The maximum Gasteiger partial charge on any atom is 0.340 e. The molecule has 0 atom stereocenters. The molecule has 112 valence electrons. The molecule has 0 fully saturated rings. The number of esters is 1. The standard InChI is InChI=1S/C14H14BrFN2O2S/c1-18(6-9-3-8(15)7-21-9)13-4-10(14(19)20-2)12(17)5-11(13)16/h3-5,7H,6,17H2,1-2H3. The van der Waals surface area contributed by atoms with E-state index in [1.165, 1.54) is 13.2 Å². The highest BCUT2D eigenvalue weighted by molar-refractivity contribution is 9.10. The number of nitrogen functional groups attached to an aromatic ring is 1. The summed E-state index contributed by atoms with van der Waals surface area (Å²) < 4.78 is 19.7. The Morgan fingerprint density at radius 2 is 2.19 bits per heavy atom. The van der Waals surface area contributed by atoms with Crippen LogP contribution in [0.5, 0.6) is 0 Å². The first-order valence-electron chi connectivity index (χ1n) is 6.03. The number of carbonyl (C=O) groups is 1. The Hall–Kier alpha value is -1.60. The van der Waals surface area contributed by atoms with Crippen LogP contribution in [0.25, 0.3) is 0 Å². The maximum absolute atomic E-state index is 14.1. The van der Waals surface area contributed by atoms with Crippen LogP contribution in [-0.2, 0) is 11.3 Å². The Bertz CT molecular complexity index is 675. The van der Waals surface area contributed by atoms with E-state index in [1.807, 2.05) is 11.4 Å². The van der Waals surface area contributed by atoms with Crippen LogP contribution in [0.15, 0.2) is 28.1 Å². The molecule has 0 radical (unpaired) electrons. The summed E-state index contributed by atoms with van der Waals surface area (Å²) in [5.41, 5.74) is 6.18. The molecule has 0 spiro atoms. The third-order valence-corrected chi connectivity index (χ3v) is 4.63. The lowest BCUT2D eigenvalue weighted by molar-refractivity contribution is 0.0602. The third-order valence-electron chi connectivity index (χ3n) is 2.95. The van der Waals surface area contributed by atoms with Gasteiger partial charge in [0.15, 0.2) is 0 Å². The molecular formula is C14H14BrFN2O2S. The molecule has 0 aliphatic rings. The molecule has 0 unspecified atom stereocenters. The van der Waals surface area contributed by atoms with Gasteiger partial charge in [-0.2, -0.15) is 0 Å². The van der Waals surface area contributed by atoms with Gasteiger partial charge in [0.1, 0.15) is 5.82 Å². The summed E-state index contributed by atoms with van der Waals surface area (Å²) in [5.74, 6) is -1.06. The summed E-state index contributed by atoms with van der Waals surface area (Å²) in [6.45, 7) is 0.526. The second kappa shape index (κ2) is 6.44. The van der Waals surface area contributed by atoms with E-state index in [1.54, 1.807) is 23.3 Å². The van der Waals surface area contributed by atoms with E-state index in [-0.39, 0.29) is 11.3 Å². The van der Waals surface area contributed by atoms with Gasteiger partial charge in [0.05, 0.1) is 24.9 Å². The van der Waals surface area contributed by atoms with E-state index >= 15 is 0 Å². The number of halogens is 2. The van der Waals surface area contributed by atoms with Gasteiger partial charge in [0.2, 0.25) is 0 Å². The van der Waals surface area contributed by atoms with E-state index in [4.69, 9.17) is 5.73 Å². The van der Waals surface area contributed by atoms with Crippen molar-refractivity contribution in [1.82, 2.24) is 0 Å². The van der Waals surface area contributed by atoms with E-state index in [9.17, 15) is 9.18 Å². The number of nitrogens with two attached hydrogens (primary N) is 1. The number of methoxy groups -OCH3 is 1. The highest BCUT2D eigenvalue weighted by Crippen LogP contribution is 2.28. The van der Waals surface area contributed by atoms with Gasteiger partial charge in [-0.05, 0) is 34.1 Å². The van der Waals surface area contributed by atoms with Gasteiger partial charge in [-0.15, -0.1) is 11.3 Å². The quantitative estimate of drug-likeness (QED) is 0.657. The van der Waals surface area contributed by atoms with Crippen LogP contribution in [0.1, 0.15) is 15.2 Å². The molecule has 0 bridgehead atoms. The molecule has 2 N–H and O–H groups in total. The molecule has 2 rings (SSSR count). The lowest BCUT2D eigenvalue weighted by Gasteiger charge is -2.20. The Labute approximate surface area is 134 Å². The number of thiophene rings is 1. The first kappa shape index (κ1) is 15.8. The van der Waals surface area contributed by atoms with Crippen molar-refractivity contribution in [2.24, 2.45) is 0 Å². The minimum atomic E-state index is -0.582. The Balaban J connectivity index is 2.31. The molecule has 0 aliphatic heterocycles. The summed E-state index contributed by atoms with van der Waals surface area (Å²) in [6.07, 6.45) is 0. The molecule has 0 saturated carbocycles. The molecule has 2 aromatic rings. The lowest BCUT2D eigenvalue weighted by atomic mass is 10.1. The molecule has 1 heterocycles. The monoisotopic (exact) mass is 372 g/mol. The van der Waals surface area contributed by atoms with Crippen LogP contribution in [0.3, 0.4) is 0 Å². The summed E-state index contributed by atoms with van der Waals surface area (Å²) in [4.78, 5) is 14.4. The van der Waals surface area contributed by atoms with Gasteiger partial charge in [0.25, 0.3) is 0 Å². The first-order valence-corrected chi connectivity index (χ1v) is 7.71. The lowest BCUT2D eigenvalue weighted by Crippen LogP contribution is -2.18. The van der Waals surface area contributed by atoms with Crippen molar-refractivity contribution >= 4 is 44.6 Å². The zero-order chi connectivity index (χ0) is 15.6. The van der Waals surface area contributed by atoms with E-state index in [2.05, 4.69) is 20.7 Å². The number of carbonyl (C=O) groups excluding carboxylic acids is 1. The Morgan fingerprint density at radius 1 is 1.48 bits per heavy atom. The van der Waals surface area contributed by atoms with Crippen molar-refractivity contribution < 1.29 is 13.9 Å². The minimum absolute atomic E-state index is 0.0652. The molecule has 1 aromatic carbocycles. The molecular weight excluding hydrogens is 359 g/mol. The average molecular weight is 373 g/mol. The smallest absolute Gasteiger partial charge is 0.340 e. The third kappa shape index (κ3) is 3.54. The summed E-state index contributed by atoms with van der Waals surface area (Å²) in [7, 11) is 3.01. The SMILES string of the molecule is COC(=O)c1cc(N(C)Cc2cc(Br)cs2)c(F)cc1N. The fraction of sp³-hybridized carbons (Fsp3) is 0.214. The molecule has 7 heteroatoms. The number of hydrogen-bond donors (Lipinski definition) is 1. The Morgan fingerprint density at radius 3 is 2.76 bits per heavy atom. The number of benzene rings is 1. The number of anilines is 2. The Kier molecular flexibility index (Phi) is 4.84. The fourth-order valence-corrected chi connectivity index (χ4v) is 3.42. The number of nitrogens with zero attached hydrogens (tertiary/aromatic N) is 1. The van der Waals surface area contributed by atoms with Crippen molar-refractivity contribution in [3.05, 3.63) is 44.3 Å². The molecule has 0 saturated heterocycles. The normalized spacial score (nSPS) is 10.5. The van der Waals surface area contributed by atoms with Crippen molar-refractivity contribution in [3.63, 3.8) is 0 Å². The summed E-state index contributed by atoms with van der Waals surface area (Å²) in [5, 5.41) is 1.96. The number of hydrogen-bond acceptors (Lipinski definition) is 5. The zero-order valence-electron chi connectivity index (χ0n) is 11.5. The van der Waals surface area contributed by atoms with E-state index < -0.39 is 11.8 Å². The minimum Gasteiger partial charge on any atom is -0.465 e. The number of rotatable bonds is 4. The second-order valence-corrected chi connectivity index (χ2v) is 6.38. The molecule has 0 aliphatic carbocycles. The molecule has 1 aromatic heterocycles. The van der Waals surface area contributed by atoms with Gasteiger partial charge in [0, 0.05) is 27.5 Å². The van der Waals surface area contributed by atoms with E-state index in [0.29, 0.717) is 12.2 Å². The van der Waals surface area contributed by atoms with Crippen LogP contribution in [0.2, 0.25) is 0 Å². The van der Waals surface area contributed by atoms with Crippen molar-refractivity contribution in [2.45, 2.75) is 6.54 Å². The van der Waals surface area contributed by atoms with Crippen molar-refractivity contribution in [2.75, 3.05) is 24.8 Å². The summed E-state index contributed by atoms with van der Waals surface area (Å²) in [6, 6.07) is 4.53. The van der Waals surface area contributed by atoms with Gasteiger partial charge >= 0.3 is 5.97 Å². The van der Waals surface area contributed by atoms with Crippen LogP contribution in [0.4, 0.5) is 15.8 Å². The predicted octanol–water partition coefficient (Wildman–Crippen LogP) is 3.65. The van der Waals surface area contributed by atoms with E-state index in [0.717, 1.165) is 15.4 Å². The van der Waals surface area contributed by atoms with Gasteiger partial charge in [-0.1, -0.05) is 0 Å². The molecule has 0 amide bonds. The average Bonchev–Trinajstić information content (AvgIpc) is 2.83. The predicted molar refractivity (Wildman–Crippen MR) is 86.3 cm³/mol. The van der Waals surface area contributed by atoms with Crippen LogP contribution in [-0.4, -0.2) is 20.1 Å². The molecule has 21 heavy (non-hydrogen) atoms. The topological polar surface area (TPSA) is 55.6 Å². The maximum atomic E-state index is 14.1. The largest absolute Gasteiger partial charge is 0.465 e. The molecule has 4 nitrogen and oxygen atoms in total. The first-order chi connectivity index (χ1) is 9.92. The van der Waals surface area contributed by atoms with Gasteiger partial charge in [-0.25, -0.2) is 9.18 Å². The second-order valence-electron chi connectivity index (χ2n) is 4.47. The highest BCUT2D eigenvalue weighted by Gasteiger charge is 2.17. The van der Waals surface area contributed by atoms with Crippen LogP contribution >= 0.6 is 27.3 Å². The van der Waals surface area contributed by atoms with Crippen LogP contribution < -0.4 is 10.6 Å². The van der Waals surface area contributed by atoms with Crippen molar-refractivity contribution in [3.8, 4) is 0 Å². The summed E-state index contributed by atoms with van der Waals surface area (Å²) >= 11 is 4.95. The fourth-order valence-electron chi connectivity index (χ4n) is 1.91. The van der Waals surface area contributed by atoms with Crippen molar-refractivity contribution in [1.29, 1.82) is 0 Å².